The zero-order valence-electron chi connectivity index (χ0n) is 14.5. The minimum atomic E-state index is -0.0502. The number of likely N-dealkylation sites (tertiary alicyclic amines) is 1. The molecule has 2 aromatic heterocycles. The van der Waals surface area contributed by atoms with Crippen molar-refractivity contribution < 1.29 is 4.79 Å². The highest BCUT2D eigenvalue weighted by Gasteiger charge is 2.30. The maximum atomic E-state index is 12.7. The molecule has 0 aromatic carbocycles. The van der Waals surface area contributed by atoms with Crippen molar-refractivity contribution in [3.63, 3.8) is 0 Å². The molecule has 1 amide bonds. The Hall–Kier alpha value is -2.21. The number of aryl methyl sites for hydroxylation is 1. The van der Waals surface area contributed by atoms with Gasteiger partial charge in [0.2, 0.25) is 5.91 Å². The monoisotopic (exact) mass is 339 g/mol. The predicted octanol–water partition coefficient (Wildman–Crippen LogP) is 1.90. The summed E-state index contributed by atoms with van der Waals surface area (Å²) in [6.45, 7) is 3.28. The molecule has 0 bridgehead atoms. The molecule has 132 valence electrons. The highest BCUT2D eigenvalue weighted by atomic mass is 16.2. The van der Waals surface area contributed by atoms with Crippen LogP contribution in [0.3, 0.4) is 0 Å². The van der Waals surface area contributed by atoms with Crippen LogP contribution in [0.15, 0.2) is 30.6 Å². The first kappa shape index (κ1) is 16.3. The molecule has 2 aliphatic rings. The molecule has 6 nitrogen and oxygen atoms in total. The van der Waals surface area contributed by atoms with Crippen LogP contribution in [0.2, 0.25) is 0 Å². The summed E-state index contributed by atoms with van der Waals surface area (Å²) in [5.41, 5.74) is 2.14. The third kappa shape index (κ3) is 3.58. The quantitative estimate of drug-likeness (QED) is 0.904. The van der Waals surface area contributed by atoms with Gasteiger partial charge in [0.25, 0.3) is 0 Å². The summed E-state index contributed by atoms with van der Waals surface area (Å²) in [5, 5.41) is 3.13. The van der Waals surface area contributed by atoms with Gasteiger partial charge < -0.3 is 9.88 Å². The topological polar surface area (TPSA) is 63.1 Å². The lowest BCUT2D eigenvalue weighted by molar-refractivity contribution is -0.125. The predicted molar refractivity (Wildman–Crippen MR) is 94.7 cm³/mol. The minimum absolute atomic E-state index is 0.0502. The summed E-state index contributed by atoms with van der Waals surface area (Å²) >= 11 is 0. The summed E-state index contributed by atoms with van der Waals surface area (Å²) in [7, 11) is 0. The fraction of sp³-hybridized carbons (Fsp3) is 0.526. The molecule has 1 fully saturated rings. The van der Waals surface area contributed by atoms with Gasteiger partial charge in [0.1, 0.15) is 5.82 Å². The van der Waals surface area contributed by atoms with Crippen LogP contribution in [0, 0.1) is 0 Å². The van der Waals surface area contributed by atoms with E-state index in [1.807, 2.05) is 30.6 Å². The fourth-order valence-electron chi connectivity index (χ4n) is 3.93. The zero-order chi connectivity index (χ0) is 17.1. The van der Waals surface area contributed by atoms with Gasteiger partial charge in [-0.1, -0.05) is 6.07 Å². The van der Waals surface area contributed by atoms with Gasteiger partial charge in [-0.2, -0.15) is 0 Å². The van der Waals surface area contributed by atoms with E-state index in [1.54, 1.807) is 0 Å². The van der Waals surface area contributed by atoms with Crippen LogP contribution in [-0.4, -0.2) is 37.9 Å². The summed E-state index contributed by atoms with van der Waals surface area (Å²) in [5.74, 6) is 1.29. The molecule has 2 aromatic rings. The molecule has 25 heavy (non-hydrogen) atoms. The second-order valence-corrected chi connectivity index (χ2v) is 6.94. The van der Waals surface area contributed by atoms with Gasteiger partial charge in [-0.15, -0.1) is 0 Å². The standard InChI is InChI=1S/C19H25N5O/c25-19(22-13-16-12-21-18-8-2-4-11-24(16)18)17-7-5-10-23(17)14-15-6-1-3-9-20-15/h1,3,6,9,12,17H,2,4-5,7-8,10-11,13-14H2,(H,22,25). The lowest BCUT2D eigenvalue weighted by atomic mass is 10.1. The molecular formula is C19H25N5O. The van der Waals surface area contributed by atoms with Gasteiger partial charge in [0.15, 0.2) is 0 Å². The number of rotatable bonds is 5. The van der Waals surface area contributed by atoms with E-state index in [0.717, 1.165) is 56.1 Å². The Morgan fingerprint density at radius 1 is 1.20 bits per heavy atom. The highest BCUT2D eigenvalue weighted by Crippen LogP contribution is 2.20. The molecule has 0 spiro atoms. The molecule has 2 aliphatic heterocycles. The van der Waals surface area contributed by atoms with E-state index in [0.29, 0.717) is 6.54 Å². The lowest BCUT2D eigenvalue weighted by Crippen LogP contribution is -2.43. The molecule has 0 radical (unpaired) electrons. The van der Waals surface area contributed by atoms with Gasteiger partial charge >= 0.3 is 0 Å². The first-order valence-electron chi connectivity index (χ1n) is 9.26. The molecule has 0 saturated carbocycles. The summed E-state index contributed by atoms with van der Waals surface area (Å²) < 4.78 is 2.27. The number of carbonyl (C=O) groups is 1. The van der Waals surface area contributed by atoms with Crippen molar-refractivity contribution in [1.29, 1.82) is 0 Å². The Morgan fingerprint density at radius 3 is 3.04 bits per heavy atom. The number of fused-ring (bicyclic) bond motifs is 1. The minimum Gasteiger partial charge on any atom is -0.349 e. The van der Waals surface area contributed by atoms with E-state index in [1.165, 1.54) is 12.8 Å². The Kier molecular flexibility index (Phi) is 4.78. The first-order chi connectivity index (χ1) is 12.3. The molecule has 1 saturated heterocycles. The fourth-order valence-corrected chi connectivity index (χ4v) is 3.93. The van der Waals surface area contributed by atoms with Gasteiger partial charge in [-0.05, 0) is 44.4 Å². The second kappa shape index (κ2) is 7.35. The summed E-state index contributed by atoms with van der Waals surface area (Å²) in [4.78, 5) is 23.8. The van der Waals surface area contributed by atoms with Crippen LogP contribution in [-0.2, 0) is 30.8 Å². The maximum absolute atomic E-state index is 12.7. The number of hydrogen-bond donors (Lipinski definition) is 1. The molecule has 0 aliphatic carbocycles. The Labute approximate surface area is 148 Å². The third-order valence-corrected chi connectivity index (χ3v) is 5.25. The Balaban J connectivity index is 1.36. The Morgan fingerprint density at radius 2 is 2.16 bits per heavy atom. The zero-order valence-corrected chi connectivity index (χ0v) is 14.5. The largest absolute Gasteiger partial charge is 0.349 e. The molecule has 4 rings (SSSR count). The number of amides is 1. The smallest absolute Gasteiger partial charge is 0.237 e. The number of nitrogens with zero attached hydrogens (tertiary/aromatic N) is 4. The SMILES string of the molecule is O=C(NCc1cnc2n1CCCC2)C1CCCN1Cc1ccccn1. The van der Waals surface area contributed by atoms with Crippen molar-refractivity contribution in [3.8, 4) is 0 Å². The van der Waals surface area contributed by atoms with Gasteiger partial charge in [-0.3, -0.25) is 14.7 Å². The number of aromatic nitrogens is 3. The first-order valence-corrected chi connectivity index (χ1v) is 9.26. The van der Waals surface area contributed by atoms with Crippen molar-refractivity contribution in [2.24, 2.45) is 0 Å². The van der Waals surface area contributed by atoms with Crippen LogP contribution >= 0.6 is 0 Å². The summed E-state index contributed by atoms with van der Waals surface area (Å²) in [6, 6.07) is 5.89. The number of pyridine rings is 1. The van der Waals surface area contributed by atoms with Gasteiger partial charge in [0.05, 0.1) is 30.2 Å². The van der Waals surface area contributed by atoms with E-state index in [-0.39, 0.29) is 11.9 Å². The van der Waals surface area contributed by atoms with E-state index in [9.17, 15) is 4.79 Å². The number of carbonyl (C=O) groups excluding carboxylic acids is 1. The summed E-state index contributed by atoms with van der Waals surface area (Å²) in [6.07, 6.45) is 9.17. The maximum Gasteiger partial charge on any atom is 0.237 e. The third-order valence-electron chi connectivity index (χ3n) is 5.25. The van der Waals surface area contributed by atoms with Crippen LogP contribution in [0.1, 0.15) is 42.9 Å². The number of imidazole rings is 1. The van der Waals surface area contributed by atoms with Crippen LogP contribution in [0.5, 0.6) is 0 Å². The van der Waals surface area contributed by atoms with Gasteiger partial charge in [-0.25, -0.2) is 4.98 Å². The molecular weight excluding hydrogens is 314 g/mol. The lowest BCUT2D eigenvalue weighted by Gasteiger charge is -2.23. The van der Waals surface area contributed by atoms with Crippen molar-refractivity contribution >= 4 is 5.91 Å². The van der Waals surface area contributed by atoms with E-state index in [4.69, 9.17) is 0 Å². The van der Waals surface area contributed by atoms with E-state index in [2.05, 4.69) is 24.8 Å². The number of hydrogen-bond acceptors (Lipinski definition) is 4. The number of nitrogens with one attached hydrogen (secondary N) is 1. The van der Waals surface area contributed by atoms with Crippen LogP contribution in [0.4, 0.5) is 0 Å². The normalized spacial score (nSPS) is 20.4. The van der Waals surface area contributed by atoms with E-state index >= 15 is 0 Å². The van der Waals surface area contributed by atoms with Crippen LogP contribution in [0.25, 0.3) is 0 Å². The van der Waals surface area contributed by atoms with Crippen molar-refractivity contribution in [1.82, 2.24) is 24.8 Å². The highest BCUT2D eigenvalue weighted by molar-refractivity contribution is 5.82. The molecule has 1 N–H and O–H groups in total. The van der Waals surface area contributed by atoms with Crippen LogP contribution < -0.4 is 5.32 Å². The molecule has 1 atom stereocenters. The molecule has 1 unspecified atom stereocenters. The van der Waals surface area contributed by atoms with E-state index < -0.39 is 0 Å². The molecule has 6 heteroatoms. The average Bonchev–Trinajstić information content (AvgIpc) is 3.27. The van der Waals surface area contributed by atoms with Crippen molar-refractivity contribution in [2.45, 2.75) is 57.8 Å². The average molecular weight is 339 g/mol. The van der Waals surface area contributed by atoms with Crippen molar-refractivity contribution in [3.05, 3.63) is 47.8 Å². The Bertz CT molecular complexity index is 727. The molecule has 4 heterocycles. The van der Waals surface area contributed by atoms with Crippen molar-refractivity contribution in [2.75, 3.05) is 6.54 Å². The van der Waals surface area contributed by atoms with Gasteiger partial charge in [0, 0.05) is 25.7 Å². The second-order valence-electron chi connectivity index (χ2n) is 6.94.